The van der Waals surface area contributed by atoms with Gasteiger partial charge in [-0.05, 0) is 31.3 Å². The first-order valence-corrected chi connectivity index (χ1v) is 8.25. The SMILES string of the molecule is COC(=O)c1ccc(-c2noc(CN(C)CCc3ccccn3)n2)cc1. The van der Waals surface area contributed by atoms with Crippen LogP contribution >= 0.6 is 0 Å². The summed E-state index contributed by atoms with van der Waals surface area (Å²) < 4.78 is 10.0. The lowest BCUT2D eigenvalue weighted by Crippen LogP contribution is -2.21. The summed E-state index contributed by atoms with van der Waals surface area (Å²) in [5, 5.41) is 4.01. The Labute approximate surface area is 151 Å². The third-order valence-electron chi connectivity index (χ3n) is 3.91. The van der Waals surface area contributed by atoms with E-state index in [4.69, 9.17) is 4.52 Å². The molecule has 3 aromatic rings. The highest BCUT2D eigenvalue weighted by atomic mass is 16.5. The molecule has 0 radical (unpaired) electrons. The van der Waals surface area contributed by atoms with Crippen LogP contribution < -0.4 is 0 Å². The van der Waals surface area contributed by atoms with Crippen LogP contribution in [0, 0.1) is 0 Å². The number of hydrogen-bond acceptors (Lipinski definition) is 7. The maximum atomic E-state index is 11.5. The van der Waals surface area contributed by atoms with Gasteiger partial charge in [-0.25, -0.2) is 4.79 Å². The fraction of sp³-hybridized carbons (Fsp3) is 0.263. The summed E-state index contributed by atoms with van der Waals surface area (Å²) in [6.07, 6.45) is 2.65. The van der Waals surface area contributed by atoms with Crippen LogP contribution in [0.2, 0.25) is 0 Å². The molecule has 0 saturated carbocycles. The van der Waals surface area contributed by atoms with E-state index >= 15 is 0 Å². The van der Waals surface area contributed by atoms with Crippen molar-refractivity contribution in [1.82, 2.24) is 20.0 Å². The molecule has 0 fully saturated rings. The first-order valence-electron chi connectivity index (χ1n) is 8.25. The molecule has 2 heterocycles. The van der Waals surface area contributed by atoms with Crippen molar-refractivity contribution in [2.75, 3.05) is 20.7 Å². The Kier molecular flexibility index (Phi) is 5.70. The molecule has 26 heavy (non-hydrogen) atoms. The standard InChI is InChI=1S/C19H20N4O3/c1-23(12-10-16-5-3-4-11-20-16)13-17-21-18(22-26-17)14-6-8-15(9-7-14)19(24)25-2/h3-9,11H,10,12-13H2,1-2H3. The van der Waals surface area contributed by atoms with Crippen molar-refractivity contribution in [3.8, 4) is 11.4 Å². The Morgan fingerprint density at radius 3 is 2.69 bits per heavy atom. The molecule has 134 valence electrons. The summed E-state index contributed by atoms with van der Waals surface area (Å²) in [5.41, 5.74) is 2.31. The number of ether oxygens (including phenoxy) is 1. The summed E-state index contributed by atoms with van der Waals surface area (Å²) >= 11 is 0. The number of benzene rings is 1. The van der Waals surface area contributed by atoms with Gasteiger partial charge in [-0.15, -0.1) is 0 Å². The van der Waals surface area contributed by atoms with Crippen molar-refractivity contribution in [1.29, 1.82) is 0 Å². The zero-order valence-corrected chi connectivity index (χ0v) is 14.8. The topological polar surface area (TPSA) is 81.4 Å². The third kappa shape index (κ3) is 4.52. The van der Waals surface area contributed by atoms with Crippen molar-refractivity contribution < 1.29 is 14.1 Å². The molecule has 2 aromatic heterocycles. The Hall–Kier alpha value is -3.06. The van der Waals surface area contributed by atoms with Crippen LogP contribution in [0.5, 0.6) is 0 Å². The first kappa shape index (κ1) is 17.8. The molecule has 0 unspecified atom stereocenters. The number of methoxy groups -OCH3 is 1. The minimum atomic E-state index is -0.375. The maximum Gasteiger partial charge on any atom is 0.337 e. The minimum absolute atomic E-state index is 0.375. The smallest absolute Gasteiger partial charge is 0.337 e. The van der Waals surface area contributed by atoms with E-state index in [1.165, 1.54) is 7.11 Å². The largest absolute Gasteiger partial charge is 0.465 e. The molecular weight excluding hydrogens is 332 g/mol. The molecule has 0 N–H and O–H groups in total. The highest BCUT2D eigenvalue weighted by Gasteiger charge is 2.12. The van der Waals surface area contributed by atoms with Gasteiger partial charge in [-0.2, -0.15) is 4.98 Å². The van der Waals surface area contributed by atoms with E-state index in [0.29, 0.717) is 23.8 Å². The average molecular weight is 352 g/mol. The zero-order valence-electron chi connectivity index (χ0n) is 14.8. The molecule has 3 rings (SSSR count). The molecule has 0 atom stereocenters. The van der Waals surface area contributed by atoms with Crippen molar-refractivity contribution >= 4 is 5.97 Å². The van der Waals surface area contributed by atoms with Crippen LogP contribution in [0.3, 0.4) is 0 Å². The second-order valence-corrected chi connectivity index (χ2v) is 5.89. The molecule has 7 nitrogen and oxygen atoms in total. The zero-order chi connectivity index (χ0) is 18.4. The van der Waals surface area contributed by atoms with Crippen LogP contribution in [-0.4, -0.2) is 46.7 Å². The maximum absolute atomic E-state index is 11.5. The van der Waals surface area contributed by atoms with E-state index in [1.807, 2.05) is 25.2 Å². The summed E-state index contributed by atoms with van der Waals surface area (Å²) in [4.78, 5) is 22.3. The predicted octanol–water partition coefficient (Wildman–Crippen LogP) is 2.59. The molecule has 0 amide bonds. The van der Waals surface area contributed by atoms with Crippen molar-refractivity contribution in [3.05, 3.63) is 65.8 Å². The molecule has 0 saturated heterocycles. The molecular formula is C19H20N4O3. The monoisotopic (exact) mass is 352 g/mol. The summed E-state index contributed by atoms with van der Waals surface area (Å²) in [6.45, 7) is 1.39. The summed E-state index contributed by atoms with van der Waals surface area (Å²) in [6, 6.07) is 12.8. The van der Waals surface area contributed by atoms with Crippen LogP contribution in [0.15, 0.2) is 53.2 Å². The lowest BCUT2D eigenvalue weighted by atomic mass is 10.1. The van der Waals surface area contributed by atoms with Crippen molar-refractivity contribution in [3.63, 3.8) is 0 Å². The Morgan fingerprint density at radius 2 is 2.00 bits per heavy atom. The van der Waals surface area contributed by atoms with E-state index in [1.54, 1.807) is 30.5 Å². The number of likely N-dealkylation sites (N-methyl/N-ethyl adjacent to an activating group) is 1. The van der Waals surface area contributed by atoms with E-state index in [9.17, 15) is 4.79 Å². The van der Waals surface area contributed by atoms with Gasteiger partial charge in [0, 0.05) is 30.4 Å². The summed E-state index contributed by atoms with van der Waals surface area (Å²) in [5.74, 6) is 0.662. The van der Waals surface area contributed by atoms with E-state index in [0.717, 1.165) is 24.2 Å². The van der Waals surface area contributed by atoms with Gasteiger partial charge in [0.1, 0.15) is 0 Å². The van der Waals surface area contributed by atoms with Gasteiger partial charge in [-0.3, -0.25) is 9.88 Å². The second-order valence-electron chi connectivity index (χ2n) is 5.89. The summed E-state index contributed by atoms with van der Waals surface area (Å²) in [7, 11) is 3.35. The average Bonchev–Trinajstić information content (AvgIpc) is 3.15. The number of pyridine rings is 1. The van der Waals surface area contributed by atoms with Crippen LogP contribution in [0.1, 0.15) is 21.9 Å². The number of hydrogen-bond donors (Lipinski definition) is 0. The van der Waals surface area contributed by atoms with Gasteiger partial charge >= 0.3 is 5.97 Å². The molecule has 0 aliphatic rings. The normalized spacial score (nSPS) is 10.9. The second kappa shape index (κ2) is 8.35. The Bertz CT molecular complexity index is 847. The van der Waals surface area contributed by atoms with Gasteiger partial charge < -0.3 is 9.26 Å². The van der Waals surface area contributed by atoms with Gasteiger partial charge in [0.2, 0.25) is 11.7 Å². The van der Waals surface area contributed by atoms with Gasteiger partial charge in [-0.1, -0.05) is 23.4 Å². The van der Waals surface area contributed by atoms with Crippen LogP contribution in [0.4, 0.5) is 0 Å². The van der Waals surface area contributed by atoms with E-state index in [2.05, 4.69) is 24.8 Å². The van der Waals surface area contributed by atoms with Gasteiger partial charge in [0.25, 0.3) is 0 Å². The number of nitrogens with zero attached hydrogens (tertiary/aromatic N) is 4. The molecule has 0 aliphatic heterocycles. The number of esters is 1. The van der Waals surface area contributed by atoms with E-state index < -0.39 is 0 Å². The third-order valence-corrected chi connectivity index (χ3v) is 3.91. The van der Waals surface area contributed by atoms with Gasteiger partial charge in [0.05, 0.1) is 19.2 Å². The predicted molar refractivity (Wildman–Crippen MR) is 95.3 cm³/mol. The Morgan fingerprint density at radius 1 is 1.19 bits per heavy atom. The molecule has 0 bridgehead atoms. The molecule has 1 aromatic carbocycles. The molecule has 0 aliphatic carbocycles. The lowest BCUT2D eigenvalue weighted by molar-refractivity contribution is 0.0601. The fourth-order valence-corrected chi connectivity index (χ4v) is 2.47. The van der Waals surface area contributed by atoms with Crippen molar-refractivity contribution in [2.24, 2.45) is 0 Å². The fourth-order valence-electron chi connectivity index (χ4n) is 2.47. The van der Waals surface area contributed by atoms with Crippen LogP contribution in [-0.2, 0) is 17.7 Å². The number of rotatable bonds is 7. The quantitative estimate of drug-likeness (QED) is 0.605. The molecule has 7 heteroatoms. The number of aromatic nitrogens is 3. The minimum Gasteiger partial charge on any atom is -0.465 e. The lowest BCUT2D eigenvalue weighted by Gasteiger charge is -2.13. The Balaban J connectivity index is 1.58. The van der Waals surface area contributed by atoms with Crippen molar-refractivity contribution in [2.45, 2.75) is 13.0 Å². The highest BCUT2D eigenvalue weighted by Crippen LogP contribution is 2.17. The first-order chi connectivity index (χ1) is 12.7. The highest BCUT2D eigenvalue weighted by molar-refractivity contribution is 5.89. The van der Waals surface area contributed by atoms with Gasteiger partial charge in [0.15, 0.2) is 0 Å². The molecule has 0 spiro atoms. The number of carbonyl (C=O) groups excluding carboxylic acids is 1. The van der Waals surface area contributed by atoms with Crippen LogP contribution in [0.25, 0.3) is 11.4 Å². The van der Waals surface area contributed by atoms with E-state index in [-0.39, 0.29) is 5.97 Å². The number of carbonyl (C=O) groups is 1.